The zero-order chi connectivity index (χ0) is 15.8. The molecule has 0 aliphatic rings. The molecule has 2 rings (SSSR count). The van der Waals surface area contributed by atoms with E-state index in [2.05, 4.69) is 10.3 Å². The lowest BCUT2D eigenvalue weighted by molar-refractivity contribution is -0.121. The predicted octanol–water partition coefficient (Wildman–Crippen LogP) is 3.09. The van der Waals surface area contributed by atoms with Crippen molar-refractivity contribution in [2.45, 2.75) is 32.2 Å². The number of carbonyl (C=O) groups is 1. The lowest BCUT2D eigenvalue weighted by atomic mass is 10.2. The SMILES string of the molecule is CC(N)CCC(=O)NCCCOc1cccc2cccnc12.Cl.Cl. The minimum absolute atomic E-state index is 0. The molecule has 0 saturated carbocycles. The van der Waals surface area contributed by atoms with E-state index in [1.807, 2.05) is 37.3 Å². The van der Waals surface area contributed by atoms with Crippen LogP contribution in [0, 0.1) is 0 Å². The molecular formula is C17H25Cl2N3O2. The van der Waals surface area contributed by atoms with Crippen molar-refractivity contribution in [3.8, 4) is 5.75 Å². The van der Waals surface area contributed by atoms with E-state index >= 15 is 0 Å². The van der Waals surface area contributed by atoms with Gasteiger partial charge in [0.05, 0.1) is 6.61 Å². The first-order valence-corrected chi connectivity index (χ1v) is 7.65. The van der Waals surface area contributed by atoms with Crippen LogP contribution in [-0.4, -0.2) is 30.1 Å². The third-order valence-electron chi connectivity index (χ3n) is 3.32. The van der Waals surface area contributed by atoms with Gasteiger partial charge in [-0.25, -0.2) is 0 Å². The Morgan fingerprint density at radius 3 is 2.79 bits per heavy atom. The fourth-order valence-corrected chi connectivity index (χ4v) is 2.12. The van der Waals surface area contributed by atoms with Gasteiger partial charge in [-0.05, 0) is 31.9 Å². The third-order valence-corrected chi connectivity index (χ3v) is 3.32. The summed E-state index contributed by atoms with van der Waals surface area (Å²) in [7, 11) is 0. The van der Waals surface area contributed by atoms with Crippen molar-refractivity contribution in [2.24, 2.45) is 5.73 Å². The monoisotopic (exact) mass is 373 g/mol. The van der Waals surface area contributed by atoms with E-state index in [9.17, 15) is 4.79 Å². The Kier molecular flexibility index (Phi) is 11.1. The number of nitrogens with one attached hydrogen (secondary N) is 1. The highest BCUT2D eigenvalue weighted by Gasteiger charge is 2.04. The zero-order valence-electron chi connectivity index (χ0n) is 13.7. The van der Waals surface area contributed by atoms with Crippen molar-refractivity contribution < 1.29 is 9.53 Å². The van der Waals surface area contributed by atoms with Crippen molar-refractivity contribution in [1.29, 1.82) is 0 Å². The van der Waals surface area contributed by atoms with Crippen LogP contribution in [0.15, 0.2) is 36.5 Å². The number of rotatable bonds is 8. The summed E-state index contributed by atoms with van der Waals surface area (Å²) in [4.78, 5) is 15.9. The quantitative estimate of drug-likeness (QED) is 0.696. The Balaban J connectivity index is 0.00000264. The number of pyridine rings is 1. The van der Waals surface area contributed by atoms with Crippen LogP contribution < -0.4 is 15.8 Å². The van der Waals surface area contributed by atoms with Gasteiger partial charge in [-0.3, -0.25) is 9.78 Å². The van der Waals surface area contributed by atoms with Gasteiger partial charge in [0.25, 0.3) is 0 Å². The number of para-hydroxylation sites is 1. The topological polar surface area (TPSA) is 77.2 Å². The van der Waals surface area contributed by atoms with Crippen molar-refractivity contribution in [3.05, 3.63) is 36.5 Å². The number of amides is 1. The molecule has 1 aromatic carbocycles. The summed E-state index contributed by atoms with van der Waals surface area (Å²) in [5.74, 6) is 0.825. The second kappa shape index (κ2) is 11.9. The molecule has 24 heavy (non-hydrogen) atoms. The Morgan fingerprint density at radius 2 is 2.04 bits per heavy atom. The normalized spacial score (nSPS) is 11.1. The molecule has 1 aromatic heterocycles. The van der Waals surface area contributed by atoms with E-state index in [0.29, 0.717) is 26.0 Å². The van der Waals surface area contributed by atoms with Crippen LogP contribution >= 0.6 is 24.8 Å². The molecule has 1 amide bonds. The highest BCUT2D eigenvalue weighted by atomic mass is 35.5. The van der Waals surface area contributed by atoms with Gasteiger partial charge in [-0.1, -0.05) is 18.2 Å². The lowest BCUT2D eigenvalue weighted by Gasteiger charge is -2.09. The molecule has 0 spiro atoms. The minimum Gasteiger partial charge on any atom is -0.491 e. The van der Waals surface area contributed by atoms with Crippen molar-refractivity contribution in [3.63, 3.8) is 0 Å². The number of benzene rings is 1. The molecule has 1 atom stereocenters. The van der Waals surface area contributed by atoms with Gasteiger partial charge in [0.1, 0.15) is 11.3 Å². The molecule has 1 heterocycles. The van der Waals surface area contributed by atoms with Gasteiger partial charge < -0.3 is 15.8 Å². The van der Waals surface area contributed by atoms with Crippen LogP contribution in [0.4, 0.5) is 0 Å². The van der Waals surface area contributed by atoms with Crippen LogP contribution in [0.3, 0.4) is 0 Å². The number of nitrogens with zero attached hydrogens (tertiary/aromatic N) is 1. The second-order valence-corrected chi connectivity index (χ2v) is 5.40. The maximum absolute atomic E-state index is 11.5. The van der Waals surface area contributed by atoms with Crippen LogP contribution in [0.5, 0.6) is 5.75 Å². The van der Waals surface area contributed by atoms with Crippen LogP contribution in [0.25, 0.3) is 10.9 Å². The Morgan fingerprint density at radius 1 is 1.29 bits per heavy atom. The van der Waals surface area contributed by atoms with Gasteiger partial charge in [0.15, 0.2) is 0 Å². The van der Waals surface area contributed by atoms with Crippen molar-refractivity contribution >= 4 is 41.6 Å². The van der Waals surface area contributed by atoms with E-state index in [0.717, 1.165) is 23.1 Å². The van der Waals surface area contributed by atoms with Crippen LogP contribution in [-0.2, 0) is 4.79 Å². The van der Waals surface area contributed by atoms with Gasteiger partial charge in [-0.15, -0.1) is 24.8 Å². The number of nitrogens with two attached hydrogens (primary N) is 1. The van der Waals surface area contributed by atoms with E-state index in [4.69, 9.17) is 10.5 Å². The first-order chi connectivity index (χ1) is 10.7. The van der Waals surface area contributed by atoms with Gasteiger partial charge >= 0.3 is 0 Å². The summed E-state index contributed by atoms with van der Waals surface area (Å²) in [6.07, 6.45) is 3.71. The number of hydrogen-bond donors (Lipinski definition) is 2. The predicted molar refractivity (Wildman–Crippen MR) is 102 cm³/mol. The molecule has 0 fully saturated rings. The number of hydrogen-bond acceptors (Lipinski definition) is 4. The number of aromatic nitrogens is 1. The van der Waals surface area contributed by atoms with E-state index < -0.39 is 0 Å². The average molecular weight is 374 g/mol. The second-order valence-electron chi connectivity index (χ2n) is 5.40. The standard InChI is InChI=1S/C17H23N3O2.2ClH/c1-13(18)8-9-16(21)19-11-4-12-22-15-7-2-5-14-6-3-10-20-17(14)15;;/h2-3,5-7,10,13H,4,8-9,11-12,18H2,1H3,(H,19,21);2*1H. The first-order valence-electron chi connectivity index (χ1n) is 7.65. The molecule has 134 valence electrons. The Bertz CT molecular complexity index is 618. The van der Waals surface area contributed by atoms with E-state index in [1.54, 1.807) is 6.20 Å². The van der Waals surface area contributed by atoms with Gasteiger partial charge in [0, 0.05) is 30.6 Å². The molecule has 0 saturated heterocycles. The van der Waals surface area contributed by atoms with Crippen LogP contribution in [0.1, 0.15) is 26.2 Å². The Labute approximate surface area is 155 Å². The summed E-state index contributed by atoms with van der Waals surface area (Å²) in [5.41, 5.74) is 6.49. The summed E-state index contributed by atoms with van der Waals surface area (Å²) >= 11 is 0. The smallest absolute Gasteiger partial charge is 0.220 e. The van der Waals surface area contributed by atoms with Gasteiger partial charge in [-0.2, -0.15) is 0 Å². The first kappa shape index (κ1) is 22.4. The average Bonchev–Trinajstić information content (AvgIpc) is 2.52. The molecule has 1 unspecified atom stereocenters. The fourth-order valence-electron chi connectivity index (χ4n) is 2.12. The Hall–Kier alpha value is -1.56. The molecule has 3 N–H and O–H groups in total. The highest BCUT2D eigenvalue weighted by molar-refractivity contribution is 5.85. The highest BCUT2D eigenvalue weighted by Crippen LogP contribution is 2.22. The van der Waals surface area contributed by atoms with E-state index in [-0.39, 0.29) is 36.8 Å². The summed E-state index contributed by atoms with van der Waals surface area (Å²) in [6.45, 7) is 3.05. The van der Waals surface area contributed by atoms with Gasteiger partial charge in [0.2, 0.25) is 5.91 Å². The summed E-state index contributed by atoms with van der Waals surface area (Å²) < 4.78 is 5.77. The molecular weight excluding hydrogens is 349 g/mol. The molecule has 0 aliphatic carbocycles. The largest absolute Gasteiger partial charge is 0.491 e. The summed E-state index contributed by atoms with van der Waals surface area (Å²) in [5, 5.41) is 3.93. The summed E-state index contributed by atoms with van der Waals surface area (Å²) in [6, 6.07) is 9.85. The number of carbonyl (C=O) groups excluding carboxylic acids is 1. The molecule has 2 aromatic rings. The number of halogens is 2. The van der Waals surface area contributed by atoms with E-state index in [1.165, 1.54) is 0 Å². The number of fused-ring (bicyclic) bond motifs is 1. The lowest BCUT2D eigenvalue weighted by Crippen LogP contribution is -2.27. The van der Waals surface area contributed by atoms with Crippen LogP contribution in [0.2, 0.25) is 0 Å². The minimum atomic E-state index is 0. The molecule has 0 bridgehead atoms. The molecule has 5 nitrogen and oxygen atoms in total. The third kappa shape index (κ3) is 7.34. The zero-order valence-corrected chi connectivity index (χ0v) is 15.4. The fraction of sp³-hybridized carbons (Fsp3) is 0.412. The van der Waals surface area contributed by atoms with Crippen molar-refractivity contribution in [1.82, 2.24) is 10.3 Å². The molecule has 0 aliphatic heterocycles. The molecule has 7 heteroatoms. The number of ether oxygens (including phenoxy) is 1. The van der Waals surface area contributed by atoms with Crippen molar-refractivity contribution in [2.75, 3.05) is 13.2 Å². The maximum Gasteiger partial charge on any atom is 0.220 e. The maximum atomic E-state index is 11.5. The molecule has 0 radical (unpaired) electrons.